The molecule has 5 unspecified atom stereocenters. The molecule has 3 aliphatic carbocycles. The fourth-order valence-corrected chi connectivity index (χ4v) is 3.66. The van der Waals surface area contributed by atoms with Gasteiger partial charge in [0.2, 0.25) is 0 Å². The van der Waals surface area contributed by atoms with E-state index in [0.29, 0.717) is 0 Å². The lowest BCUT2D eigenvalue weighted by Crippen LogP contribution is -2.34. The minimum absolute atomic E-state index is 0.920. The zero-order valence-electron chi connectivity index (χ0n) is 7.29. The number of hydrogen-bond acceptors (Lipinski definition) is 1. The van der Waals surface area contributed by atoms with Crippen LogP contribution in [-0.2, 0) is 0 Å². The maximum Gasteiger partial charge on any atom is 0.0138 e. The predicted octanol–water partition coefficient (Wildman–Crippen LogP) is 1.59. The fraction of sp³-hybridized carbons (Fsp3) is 0.818. The van der Waals surface area contributed by atoms with Gasteiger partial charge in [-0.3, -0.25) is 0 Å². The molecule has 0 heterocycles. The highest BCUT2D eigenvalue weighted by molar-refractivity contribution is 5.12. The normalized spacial score (nSPS) is 52.8. The SMILES string of the molecule is NC#CCC1CC2CC3CC3C12. The zero-order valence-corrected chi connectivity index (χ0v) is 7.29. The third kappa shape index (κ3) is 0.759. The molecule has 64 valence electrons. The Morgan fingerprint density at radius 2 is 2.08 bits per heavy atom. The second-order valence-corrected chi connectivity index (χ2v) is 4.75. The Balaban J connectivity index is 1.65. The maximum absolute atomic E-state index is 5.18. The topological polar surface area (TPSA) is 26.0 Å². The Hall–Kier alpha value is -0.640. The molecule has 0 aromatic heterocycles. The minimum Gasteiger partial charge on any atom is -0.359 e. The van der Waals surface area contributed by atoms with Gasteiger partial charge in [-0.2, -0.15) is 0 Å². The van der Waals surface area contributed by atoms with Crippen molar-refractivity contribution in [3.8, 4) is 12.0 Å². The highest BCUT2D eigenvalue weighted by Crippen LogP contribution is 2.67. The first kappa shape index (κ1) is 6.83. The van der Waals surface area contributed by atoms with E-state index in [-0.39, 0.29) is 0 Å². The largest absolute Gasteiger partial charge is 0.359 e. The molecule has 0 radical (unpaired) electrons. The smallest absolute Gasteiger partial charge is 0.0138 e. The molecule has 3 aliphatic rings. The van der Waals surface area contributed by atoms with Gasteiger partial charge in [0.1, 0.15) is 0 Å². The van der Waals surface area contributed by atoms with Crippen LogP contribution in [0, 0.1) is 41.6 Å². The Kier molecular flexibility index (Phi) is 1.25. The van der Waals surface area contributed by atoms with Gasteiger partial charge in [-0.05, 0) is 48.9 Å². The van der Waals surface area contributed by atoms with Crippen LogP contribution >= 0.6 is 0 Å². The molecule has 0 aromatic rings. The van der Waals surface area contributed by atoms with Crippen molar-refractivity contribution in [2.24, 2.45) is 35.3 Å². The van der Waals surface area contributed by atoms with Crippen LogP contribution in [0.4, 0.5) is 0 Å². The van der Waals surface area contributed by atoms with E-state index < -0.39 is 0 Å². The summed E-state index contributed by atoms with van der Waals surface area (Å²) in [5.74, 6) is 8.36. The maximum atomic E-state index is 5.18. The second-order valence-electron chi connectivity index (χ2n) is 4.75. The molecule has 0 bridgehead atoms. The van der Waals surface area contributed by atoms with Gasteiger partial charge in [0.15, 0.2) is 0 Å². The van der Waals surface area contributed by atoms with Crippen molar-refractivity contribution < 1.29 is 0 Å². The van der Waals surface area contributed by atoms with Gasteiger partial charge in [-0.15, -0.1) is 0 Å². The minimum atomic E-state index is 0.920. The predicted molar refractivity (Wildman–Crippen MR) is 47.9 cm³/mol. The molecule has 5 atom stereocenters. The van der Waals surface area contributed by atoms with E-state index in [2.05, 4.69) is 12.0 Å². The van der Waals surface area contributed by atoms with Gasteiger partial charge in [-0.1, -0.05) is 5.92 Å². The van der Waals surface area contributed by atoms with E-state index in [1.807, 2.05) is 0 Å². The first-order valence-corrected chi connectivity index (χ1v) is 5.08. The average Bonchev–Trinajstić information content (AvgIpc) is 2.69. The van der Waals surface area contributed by atoms with Gasteiger partial charge in [0.05, 0.1) is 0 Å². The van der Waals surface area contributed by atoms with Crippen molar-refractivity contribution in [2.45, 2.75) is 25.7 Å². The van der Waals surface area contributed by atoms with Gasteiger partial charge < -0.3 is 5.73 Å². The summed E-state index contributed by atoms with van der Waals surface area (Å²) in [5.41, 5.74) is 5.18. The van der Waals surface area contributed by atoms with Crippen molar-refractivity contribution in [2.75, 3.05) is 0 Å². The average molecular weight is 161 g/mol. The van der Waals surface area contributed by atoms with E-state index in [9.17, 15) is 0 Å². The third-order valence-electron chi connectivity index (χ3n) is 4.24. The Labute approximate surface area is 73.7 Å². The molecule has 0 aliphatic heterocycles. The molecule has 0 saturated heterocycles. The van der Waals surface area contributed by atoms with Crippen LogP contribution < -0.4 is 5.73 Å². The van der Waals surface area contributed by atoms with Crippen LogP contribution in [0.5, 0.6) is 0 Å². The standard InChI is InChI=1S/C11H15N/c12-3-1-2-7-4-9-5-8-6-10(8)11(7)9/h7-11H,2,4-6,12H2. The van der Waals surface area contributed by atoms with Crippen molar-refractivity contribution in [1.29, 1.82) is 0 Å². The lowest BCUT2D eigenvalue weighted by molar-refractivity contribution is 0.0805. The summed E-state index contributed by atoms with van der Waals surface area (Å²) in [6, 6.07) is 2.53. The van der Waals surface area contributed by atoms with Gasteiger partial charge in [0, 0.05) is 12.5 Å². The Morgan fingerprint density at radius 3 is 2.83 bits per heavy atom. The Bertz CT molecular complexity index is 258. The van der Waals surface area contributed by atoms with Crippen LogP contribution in [0.3, 0.4) is 0 Å². The van der Waals surface area contributed by atoms with E-state index in [0.717, 1.165) is 36.0 Å². The zero-order chi connectivity index (χ0) is 8.13. The molecule has 1 heteroatoms. The second kappa shape index (κ2) is 2.19. The highest BCUT2D eigenvalue weighted by atomic mass is 14.6. The molecule has 0 aromatic carbocycles. The molecule has 3 saturated carbocycles. The van der Waals surface area contributed by atoms with E-state index in [4.69, 9.17) is 5.73 Å². The van der Waals surface area contributed by atoms with Crippen molar-refractivity contribution in [3.63, 3.8) is 0 Å². The van der Waals surface area contributed by atoms with Crippen molar-refractivity contribution >= 4 is 0 Å². The molecule has 2 N–H and O–H groups in total. The molecule has 0 spiro atoms. The highest BCUT2D eigenvalue weighted by Gasteiger charge is 2.60. The van der Waals surface area contributed by atoms with Gasteiger partial charge in [-0.25, -0.2) is 0 Å². The lowest BCUT2D eigenvalue weighted by Gasteiger charge is -2.41. The first-order chi connectivity index (χ1) is 5.90. The van der Waals surface area contributed by atoms with E-state index in [1.165, 1.54) is 12.8 Å². The van der Waals surface area contributed by atoms with Crippen LogP contribution in [0.1, 0.15) is 25.7 Å². The summed E-state index contributed by atoms with van der Waals surface area (Å²) in [5, 5.41) is 0. The van der Waals surface area contributed by atoms with Crippen LogP contribution in [0.15, 0.2) is 0 Å². The molecule has 3 fully saturated rings. The Morgan fingerprint density at radius 1 is 1.17 bits per heavy atom. The van der Waals surface area contributed by atoms with Crippen LogP contribution in [0.25, 0.3) is 0 Å². The summed E-state index contributed by atoms with van der Waals surface area (Å²) in [6.45, 7) is 0. The summed E-state index contributed by atoms with van der Waals surface area (Å²) < 4.78 is 0. The van der Waals surface area contributed by atoms with Gasteiger partial charge in [0.25, 0.3) is 0 Å². The number of nitrogens with two attached hydrogens (primary N) is 1. The van der Waals surface area contributed by atoms with E-state index >= 15 is 0 Å². The monoisotopic (exact) mass is 161 g/mol. The summed E-state index contributed by atoms with van der Waals surface area (Å²) in [4.78, 5) is 0. The summed E-state index contributed by atoms with van der Waals surface area (Å²) in [7, 11) is 0. The molecule has 0 amide bonds. The molecular formula is C11H15N. The number of hydrogen-bond donors (Lipinski definition) is 1. The fourth-order valence-electron chi connectivity index (χ4n) is 3.66. The molecule has 1 nitrogen and oxygen atoms in total. The third-order valence-corrected chi connectivity index (χ3v) is 4.24. The van der Waals surface area contributed by atoms with Crippen LogP contribution in [0.2, 0.25) is 0 Å². The van der Waals surface area contributed by atoms with E-state index in [1.54, 1.807) is 6.42 Å². The number of fused-ring (bicyclic) bond motifs is 3. The van der Waals surface area contributed by atoms with Crippen molar-refractivity contribution in [1.82, 2.24) is 0 Å². The quantitative estimate of drug-likeness (QED) is 0.458. The summed E-state index contributed by atoms with van der Waals surface area (Å²) in [6.07, 6.45) is 5.60. The summed E-state index contributed by atoms with van der Waals surface area (Å²) >= 11 is 0. The molecule has 3 rings (SSSR count). The van der Waals surface area contributed by atoms with Crippen LogP contribution in [-0.4, -0.2) is 0 Å². The van der Waals surface area contributed by atoms with Crippen molar-refractivity contribution in [3.05, 3.63) is 0 Å². The lowest BCUT2D eigenvalue weighted by atomic mass is 9.63. The number of rotatable bonds is 1. The molecule has 12 heavy (non-hydrogen) atoms. The first-order valence-electron chi connectivity index (χ1n) is 5.08. The van der Waals surface area contributed by atoms with Gasteiger partial charge >= 0.3 is 0 Å². The molecular weight excluding hydrogens is 146 g/mol.